The van der Waals surface area contributed by atoms with E-state index in [1.165, 1.54) is 6.42 Å². The molecule has 0 spiro atoms. The first-order valence-corrected chi connectivity index (χ1v) is 20.2. The van der Waals surface area contributed by atoms with Crippen LogP contribution in [0.15, 0.2) is 91.0 Å². The van der Waals surface area contributed by atoms with Crippen LogP contribution in [0.5, 0.6) is 0 Å². The molecule has 0 unspecified atom stereocenters. The monoisotopic (exact) mass is 622 g/mol. The summed E-state index contributed by atoms with van der Waals surface area (Å²) in [5, 5.41) is 12.1. The smallest absolute Gasteiger partial charge is 0.191 e. The standard InChI is InChI=1S/C36H50O3S2Si/c1-28(26-39-42(6,7)34(3,4)5)36(40-24-17-25-41-36)29(2)33(37)27-38-35(30-18-11-8-12-19-30,31-20-13-9-14-21-31)32-22-15-10-16-23-32/h8-16,18-23,28-29,33,37H,17,24-27H2,1-7H3/t28-,29+,33-/m0/s1. The van der Waals surface area contributed by atoms with E-state index in [4.69, 9.17) is 9.16 Å². The van der Waals surface area contributed by atoms with E-state index in [2.05, 4.69) is 121 Å². The van der Waals surface area contributed by atoms with Gasteiger partial charge >= 0.3 is 0 Å². The summed E-state index contributed by atoms with van der Waals surface area (Å²) in [4.78, 5) is 0. The lowest BCUT2D eigenvalue weighted by atomic mass is 9.80. The molecular weight excluding hydrogens is 573 g/mol. The van der Waals surface area contributed by atoms with Crippen LogP contribution in [0.25, 0.3) is 0 Å². The SMILES string of the molecule is C[C@H]([C@@H](O)COC(c1ccccc1)(c1ccccc1)c1ccccc1)C1([C@@H](C)CO[Si](C)(C)C(C)(C)C)SCCCS1. The molecule has 1 saturated heterocycles. The summed E-state index contributed by atoms with van der Waals surface area (Å²) < 4.78 is 13.7. The molecule has 0 radical (unpaired) electrons. The Labute approximate surface area is 264 Å². The molecule has 1 fully saturated rings. The van der Waals surface area contributed by atoms with E-state index in [-0.39, 0.29) is 27.6 Å². The minimum absolute atomic E-state index is 0.00540. The molecule has 3 atom stereocenters. The van der Waals surface area contributed by atoms with Gasteiger partial charge in [0.25, 0.3) is 0 Å². The van der Waals surface area contributed by atoms with Gasteiger partial charge in [0.05, 0.1) is 16.8 Å². The summed E-state index contributed by atoms with van der Waals surface area (Å²) in [5.74, 6) is 2.51. The highest BCUT2D eigenvalue weighted by atomic mass is 32.2. The van der Waals surface area contributed by atoms with Crippen LogP contribution in [-0.2, 0) is 14.8 Å². The quantitative estimate of drug-likeness (QED) is 0.161. The third-order valence-electron chi connectivity index (χ3n) is 9.35. The molecule has 1 heterocycles. The van der Waals surface area contributed by atoms with Gasteiger partial charge in [0.1, 0.15) is 5.60 Å². The van der Waals surface area contributed by atoms with Gasteiger partial charge in [-0.25, -0.2) is 0 Å². The van der Waals surface area contributed by atoms with Crippen LogP contribution in [0.3, 0.4) is 0 Å². The Balaban J connectivity index is 1.64. The van der Waals surface area contributed by atoms with Gasteiger partial charge < -0.3 is 14.3 Å². The van der Waals surface area contributed by atoms with E-state index < -0.39 is 20.0 Å². The van der Waals surface area contributed by atoms with Crippen molar-refractivity contribution in [3.8, 4) is 0 Å². The Bertz CT molecular complexity index is 1130. The molecule has 3 aromatic rings. The van der Waals surface area contributed by atoms with Gasteiger partial charge in [-0.15, -0.1) is 23.5 Å². The molecule has 1 aliphatic heterocycles. The second kappa shape index (κ2) is 14.0. The minimum atomic E-state index is -1.88. The molecule has 0 aliphatic carbocycles. The highest BCUT2D eigenvalue weighted by Gasteiger charge is 2.49. The summed E-state index contributed by atoms with van der Waals surface area (Å²) in [7, 11) is -1.88. The van der Waals surface area contributed by atoms with Crippen molar-refractivity contribution in [3.63, 3.8) is 0 Å². The fourth-order valence-electron chi connectivity index (χ4n) is 5.62. The van der Waals surface area contributed by atoms with E-state index in [1.807, 2.05) is 41.7 Å². The molecule has 0 saturated carbocycles. The number of aliphatic hydroxyl groups is 1. The summed E-state index contributed by atoms with van der Waals surface area (Å²) in [6.07, 6.45) is 0.555. The van der Waals surface area contributed by atoms with Crippen molar-refractivity contribution in [2.75, 3.05) is 24.7 Å². The van der Waals surface area contributed by atoms with Gasteiger partial charge in [-0.3, -0.25) is 0 Å². The topological polar surface area (TPSA) is 38.7 Å². The van der Waals surface area contributed by atoms with E-state index >= 15 is 0 Å². The Hall–Kier alpha value is -1.54. The van der Waals surface area contributed by atoms with E-state index in [0.717, 1.165) is 34.8 Å². The van der Waals surface area contributed by atoms with Crippen molar-refractivity contribution in [2.45, 2.75) is 75.0 Å². The number of rotatable bonds is 12. The van der Waals surface area contributed by atoms with Crippen LogP contribution in [0.4, 0.5) is 0 Å². The fourth-order valence-corrected chi connectivity index (χ4v) is 10.5. The van der Waals surface area contributed by atoms with Gasteiger partial charge in [-0.2, -0.15) is 0 Å². The average Bonchev–Trinajstić information content (AvgIpc) is 3.01. The maximum Gasteiger partial charge on any atom is 0.191 e. The Morgan fingerprint density at radius 1 is 0.762 bits per heavy atom. The summed E-state index contributed by atoms with van der Waals surface area (Å²) in [5.41, 5.74) is 2.31. The highest BCUT2D eigenvalue weighted by molar-refractivity contribution is 8.18. The number of hydrogen-bond acceptors (Lipinski definition) is 5. The van der Waals surface area contributed by atoms with E-state index in [0.29, 0.717) is 0 Å². The molecule has 0 amide bonds. The first kappa shape index (κ1) is 33.4. The van der Waals surface area contributed by atoms with Crippen LogP contribution in [0.1, 0.15) is 57.7 Å². The second-order valence-corrected chi connectivity index (χ2v) is 21.0. The van der Waals surface area contributed by atoms with Crippen LogP contribution >= 0.6 is 23.5 Å². The van der Waals surface area contributed by atoms with Gasteiger partial charge in [0.15, 0.2) is 8.32 Å². The van der Waals surface area contributed by atoms with Crippen molar-refractivity contribution in [3.05, 3.63) is 108 Å². The molecule has 42 heavy (non-hydrogen) atoms. The number of aliphatic hydroxyl groups excluding tert-OH is 1. The zero-order valence-electron chi connectivity index (χ0n) is 26.5. The Kier molecular flexibility index (Phi) is 11.2. The lowest BCUT2D eigenvalue weighted by Gasteiger charge is -2.48. The van der Waals surface area contributed by atoms with Gasteiger partial charge in [0.2, 0.25) is 0 Å². The first-order valence-electron chi connectivity index (χ1n) is 15.3. The number of hydrogen-bond donors (Lipinski definition) is 1. The zero-order chi connectivity index (χ0) is 30.4. The lowest BCUT2D eigenvalue weighted by molar-refractivity contribution is -0.0570. The number of benzene rings is 3. The van der Waals surface area contributed by atoms with Gasteiger partial charge in [0, 0.05) is 18.4 Å². The summed E-state index contributed by atoms with van der Waals surface area (Å²) in [6, 6.07) is 31.3. The molecule has 228 valence electrons. The Morgan fingerprint density at radius 3 is 1.60 bits per heavy atom. The van der Waals surface area contributed by atoms with Crippen molar-refractivity contribution in [1.82, 2.24) is 0 Å². The van der Waals surface area contributed by atoms with Gasteiger partial charge in [-0.1, -0.05) is 126 Å². The normalized spacial score (nSPS) is 18.3. The van der Waals surface area contributed by atoms with Crippen LogP contribution < -0.4 is 0 Å². The van der Waals surface area contributed by atoms with Crippen LogP contribution in [-0.4, -0.2) is 48.3 Å². The lowest BCUT2D eigenvalue weighted by Crippen LogP contribution is -2.50. The first-order chi connectivity index (χ1) is 19.9. The Morgan fingerprint density at radius 2 is 1.19 bits per heavy atom. The maximum absolute atomic E-state index is 12.0. The molecular formula is C36H50O3S2Si. The molecule has 0 aromatic heterocycles. The number of ether oxygens (including phenoxy) is 1. The van der Waals surface area contributed by atoms with E-state index in [9.17, 15) is 5.11 Å². The predicted molar refractivity (Wildman–Crippen MR) is 185 cm³/mol. The predicted octanol–water partition coefficient (Wildman–Crippen LogP) is 9.22. The number of thioether (sulfide) groups is 2. The maximum atomic E-state index is 12.0. The summed E-state index contributed by atoms with van der Waals surface area (Å²) >= 11 is 4.04. The second-order valence-electron chi connectivity index (χ2n) is 13.2. The summed E-state index contributed by atoms with van der Waals surface area (Å²) in [6.45, 7) is 17.0. The molecule has 1 N–H and O–H groups in total. The van der Waals surface area contributed by atoms with Crippen molar-refractivity contribution in [2.24, 2.45) is 11.8 Å². The van der Waals surface area contributed by atoms with E-state index in [1.54, 1.807) is 0 Å². The molecule has 0 bridgehead atoms. The molecule has 6 heteroatoms. The zero-order valence-corrected chi connectivity index (χ0v) is 29.1. The van der Waals surface area contributed by atoms with Crippen molar-refractivity contribution < 1.29 is 14.3 Å². The van der Waals surface area contributed by atoms with Crippen LogP contribution in [0.2, 0.25) is 18.1 Å². The molecule has 4 rings (SSSR count). The minimum Gasteiger partial charge on any atom is -0.416 e. The van der Waals surface area contributed by atoms with Crippen LogP contribution in [0, 0.1) is 11.8 Å². The van der Waals surface area contributed by atoms with Gasteiger partial charge in [-0.05, 0) is 52.7 Å². The molecule has 3 nitrogen and oxygen atoms in total. The third kappa shape index (κ3) is 7.05. The third-order valence-corrected chi connectivity index (χ3v) is 18.0. The van der Waals surface area contributed by atoms with Crippen molar-refractivity contribution >= 4 is 31.8 Å². The largest absolute Gasteiger partial charge is 0.416 e. The highest BCUT2D eigenvalue weighted by Crippen LogP contribution is 2.54. The van der Waals surface area contributed by atoms with Crippen molar-refractivity contribution in [1.29, 1.82) is 0 Å². The molecule has 1 aliphatic rings. The average molecular weight is 623 g/mol. The molecule has 3 aromatic carbocycles. The fraction of sp³-hybridized carbons (Fsp3) is 0.500.